The number of hydrogen-bond acceptors (Lipinski definition) is 2. The van der Waals surface area contributed by atoms with Gasteiger partial charge in [-0.25, -0.2) is 0 Å². The smallest absolute Gasteiger partial charge is 0.223 e. The lowest BCUT2D eigenvalue weighted by atomic mass is 9.85. The van der Waals surface area contributed by atoms with Crippen LogP contribution in [0, 0.1) is 5.41 Å². The lowest BCUT2D eigenvalue weighted by molar-refractivity contribution is -0.131. The molecule has 0 aliphatic rings. The highest BCUT2D eigenvalue weighted by atomic mass is 16.1. The van der Waals surface area contributed by atoms with Gasteiger partial charge in [-0.3, -0.25) is 9.59 Å². The molecule has 0 saturated heterocycles. The largest absolute Gasteiger partial charge is 0.369 e. The van der Waals surface area contributed by atoms with E-state index < -0.39 is 11.3 Å². The number of amides is 1. The molecule has 0 unspecified atom stereocenters. The molecule has 19 heavy (non-hydrogen) atoms. The fourth-order valence-corrected chi connectivity index (χ4v) is 2.13. The van der Waals surface area contributed by atoms with Crippen LogP contribution in [0.3, 0.4) is 0 Å². The van der Waals surface area contributed by atoms with Gasteiger partial charge in [-0.05, 0) is 11.6 Å². The average molecular weight is 258 g/mol. The van der Waals surface area contributed by atoms with E-state index in [1.807, 2.05) is 30.5 Å². The molecule has 0 fully saturated rings. The van der Waals surface area contributed by atoms with Crippen LogP contribution in [-0.4, -0.2) is 16.7 Å². The van der Waals surface area contributed by atoms with Gasteiger partial charge in [0.05, 0.1) is 5.41 Å². The first-order chi connectivity index (χ1) is 8.90. The molecule has 0 aliphatic carbocycles. The predicted molar refractivity (Wildman–Crippen MR) is 74.6 cm³/mol. The molecule has 0 spiro atoms. The van der Waals surface area contributed by atoms with Gasteiger partial charge in [-0.15, -0.1) is 0 Å². The SMILES string of the molecule is CC(C)(CC(=O)Cc1c[nH]c2ccccc12)C(N)=O. The van der Waals surface area contributed by atoms with Crippen molar-refractivity contribution in [3.05, 3.63) is 36.0 Å². The fraction of sp³-hybridized carbons (Fsp3) is 0.333. The number of nitrogens with one attached hydrogen (secondary N) is 1. The first-order valence-corrected chi connectivity index (χ1v) is 6.27. The number of fused-ring (bicyclic) bond motifs is 1. The minimum atomic E-state index is -0.788. The number of carbonyl (C=O) groups excluding carboxylic acids is 2. The molecule has 0 aliphatic heterocycles. The second-order valence-corrected chi connectivity index (χ2v) is 5.50. The van der Waals surface area contributed by atoms with Crippen LogP contribution in [0.25, 0.3) is 10.9 Å². The molecule has 1 aromatic carbocycles. The molecule has 1 amide bonds. The molecule has 0 bridgehead atoms. The number of benzene rings is 1. The highest BCUT2D eigenvalue weighted by molar-refractivity contribution is 5.92. The number of rotatable bonds is 5. The van der Waals surface area contributed by atoms with Crippen molar-refractivity contribution in [1.29, 1.82) is 0 Å². The number of aromatic amines is 1. The quantitative estimate of drug-likeness (QED) is 0.862. The van der Waals surface area contributed by atoms with E-state index in [0.29, 0.717) is 6.42 Å². The number of primary amides is 1. The predicted octanol–water partition coefficient (Wildman–Crippen LogP) is 2.18. The third-order valence-corrected chi connectivity index (χ3v) is 3.37. The summed E-state index contributed by atoms with van der Waals surface area (Å²) in [7, 11) is 0. The van der Waals surface area contributed by atoms with Gasteiger partial charge in [0, 0.05) is 29.9 Å². The molecule has 4 heteroatoms. The second-order valence-electron chi connectivity index (χ2n) is 5.50. The Labute approximate surface area is 112 Å². The minimum absolute atomic E-state index is 0.0218. The van der Waals surface area contributed by atoms with Gasteiger partial charge in [0.1, 0.15) is 5.78 Å². The van der Waals surface area contributed by atoms with Crippen LogP contribution < -0.4 is 5.73 Å². The van der Waals surface area contributed by atoms with Crippen molar-refractivity contribution in [3.8, 4) is 0 Å². The van der Waals surface area contributed by atoms with Crippen LogP contribution in [0.15, 0.2) is 30.5 Å². The molecule has 2 aromatic rings. The Kier molecular flexibility index (Phi) is 3.42. The summed E-state index contributed by atoms with van der Waals surface area (Å²) in [6.45, 7) is 3.39. The monoisotopic (exact) mass is 258 g/mol. The molecule has 0 atom stereocenters. The maximum absolute atomic E-state index is 12.1. The zero-order valence-electron chi connectivity index (χ0n) is 11.2. The molecule has 100 valence electrons. The maximum atomic E-state index is 12.1. The Morgan fingerprint density at radius 2 is 1.95 bits per heavy atom. The summed E-state index contributed by atoms with van der Waals surface area (Å²) in [6.07, 6.45) is 2.34. The van der Waals surface area contributed by atoms with Crippen LogP contribution in [0.4, 0.5) is 0 Å². The van der Waals surface area contributed by atoms with Crippen LogP contribution in [0.1, 0.15) is 25.8 Å². The summed E-state index contributed by atoms with van der Waals surface area (Å²) in [5.74, 6) is -0.423. The Morgan fingerprint density at radius 3 is 2.63 bits per heavy atom. The number of carbonyl (C=O) groups is 2. The fourth-order valence-electron chi connectivity index (χ4n) is 2.13. The molecule has 1 aromatic heterocycles. The number of nitrogens with two attached hydrogens (primary N) is 1. The van der Waals surface area contributed by atoms with E-state index in [4.69, 9.17) is 5.73 Å². The summed E-state index contributed by atoms with van der Waals surface area (Å²) in [6, 6.07) is 7.84. The van der Waals surface area contributed by atoms with Crippen LogP contribution in [-0.2, 0) is 16.0 Å². The Bertz CT molecular complexity index is 626. The van der Waals surface area contributed by atoms with Crippen LogP contribution in [0.2, 0.25) is 0 Å². The van der Waals surface area contributed by atoms with E-state index in [2.05, 4.69) is 4.98 Å². The molecule has 4 nitrogen and oxygen atoms in total. The zero-order valence-corrected chi connectivity index (χ0v) is 11.2. The lowest BCUT2D eigenvalue weighted by Crippen LogP contribution is -2.33. The number of para-hydroxylation sites is 1. The van der Waals surface area contributed by atoms with Gasteiger partial charge >= 0.3 is 0 Å². The third kappa shape index (κ3) is 2.84. The van der Waals surface area contributed by atoms with Gasteiger partial charge < -0.3 is 10.7 Å². The summed E-state index contributed by atoms with van der Waals surface area (Å²) >= 11 is 0. The summed E-state index contributed by atoms with van der Waals surface area (Å²) in [4.78, 5) is 26.4. The normalized spacial score (nSPS) is 11.7. The van der Waals surface area contributed by atoms with Crippen molar-refractivity contribution in [1.82, 2.24) is 4.98 Å². The Morgan fingerprint density at radius 1 is 1.26 bits per heavy atom. The molecule has 0 saturated carbocycles. The van der Waals surface area contributed by atoms with Crippen LogP contribution >= 0.6 is 0 Å². The number of ketones is 1. The third-order valence-electron chi connectivity index (χ3n) is 3.37. The molecule has 0 radical (unpaired) electrons. The van der Waals surface area contributed by atoms with E-state index in [1.165, 1.54) is 0 Å². The van der Waals surface area contributed by atoms with Crippen LogP contribution in [0.5, 0.6) is 0 Å². The second kappa shape index (κ2) is 4.88. The van der Waals surface area contributed by atoms with Gasteiger partial charge in [0.25, 0.3) is 0 Å². The molecule has 1 heterocycles. The van der Waals surface area contributed by atoms with E-state index in [0.717, 1.165) is 16.5 Å². The standard InChI is InChI=1S/C15H18N2O2/c1-15(2,14(16)19)8-11(18)7-10-9-17-13-6-4-3-5-12(10)13/h3-6,9,17H,7-8H2,1-2H3,(H2,16,19). The highest BCUT2D eigenvalue weighted by Gasteiger charge is 2.28. The van der Waals surface area contributed by atoms with Gasteiger partial charge in [-0.1, -0.05) is 32.0 Å². The van der Waals surface area contributed by atoms with E-state index in [1.54, 1.807) is 13.8 Å². The Hall–Kier alpha value is -2.10. The lowest BCUT2D eigenvalue weighted by Gasteiger charge is -2.18. The van der Waals surface area contributed by atoms with E-state index in [-0.39, 0.29) is 12.2 Å². The number of H-pyrrole nitrogens is 1. The minimum Gasteiger partial charge on any atom is -0.369 e. The topological polar surface area (TPSA) is 75.9 Å². The molecule has 2 rings (SSSR count). The van der Waals surface area contributed by atoms with E-state index in [9.17, 15) is 9.59 Å². The van der Waals surface area contributed by atoms with Gasteiger partial charge in [-0.2, -0.15) is 0 Å². The summed E-state index contributed by atoms with van der Waals surface area (Å²) in [5.41, 5.74) is 6.47. The first-order valence-electron chi connectivity index (χ1n) is 6.27. The summed E-state index contributed by atoms with van der Waals surface area (Å²) in [5, 5.41) is 1.05. The van der Waals surface area contributed by atoms with Crippen molar-refractivity contribution >= 4 is 22.6 Å². The van der Waals surface area contributed by atoms with Gasteiger partial charge in [0.15, 0.2) is 0 Å². The molecular weight excluding hydrogens is 240 g/mol. The van der Waals surface area contributed by atoms with E-state index >= 15 is 0 Å². The highest BCUT2D eigenvalue weighted by Crippen LogP contribution is 2.23. The molecular formula is C15H18N2O2. The van der Waals surface area contributed by atoms with Gasteiger partial charge in [0.2, 0.25) is 5.91 Å². The van der Waals surface area contributed by atoms with Crippen molar-refractivity contribution in [2.45, 2.75) is 26.7 Å². The molecule has 3 N–H and O–H groups in total. The number of hydrogen-bond donors (Lipinski definition) is 2. The number of aromatic nitrogens is 1. The van der Waals surface area contributed by atoms with Crippen molar-refractivity contribution in [2.75, 3.05) is 0 Å². The van der Waals surface area contributed by atoms with Crippen molar-refractivity contribution < 1.29 is 9.59 Å². The first kappa shape index (κ1) is 13.3. The zero-order chi connectivity index (χ0) is 14.0. The summed E-state index contributed by atoms with van der Waals surface area (Å²) < 4.78 is 0. The average Bonchev–Trinajstić information content (AvgIpc) is 2.72. The maximum Gasteiger partial charge on any atom is 0.223 e. The van der Waals surface area contributed by atoms with Crippen molar-refractivity contribution in [3.63, 3.8) is 0 Å². The Balaban J connectivity index is 2.13. The number of Topliss-reactive ketones (excluding diaryl/α,β-unsaturated/α-hetero) is 1. The van der Waals surface area contributed by atoms with Crippen molar-refractivity contribution in [2.24, 2.45) is 11.1 Å².